The summed E-state index contributed by atoms with van der Waals surface area (Å²) in [6.07, 6.45) is -5.00. The van der Waals surface area contributed by atoms with Crippen LogP contribution in [0.5, 0.6) is 11.5 Å². The van der Waals surface area contributed by atoms with Crippen molar-refractivity contribution in [1.82, 2.24) is 0 Å². The molecule has 0 aromatic heterocycles. The zero-order valence-electron chi connectivity index (χ0n) is 13.8. The highest BCUT2D eigenvalue weighted by Gasteiger charge is 2.33. The summed E-state index contributed by atoms with van der Waals surface area (Å²) in [7, 11) is 0. The SMILES string of the molecule is N#C/C(=N\Nc1ccc(F)c(Br)c1Oc1c(F)cc(C(F)(F)F)cc1F)C(=N)N. The van der Waals surface area contributed by atoms with Crippen molar-refractivity contribution in [2.24, 2.45) is 10.8 Å². The van der Waals surface area contributed by atoms with Crippen molar-refractivity contribution >= 4 is 33.2 Å². The number of nitrogens with two attached hydrogens (primary N) is 1. The van der Waals surface area contributed by atoms with E-state index in [4.69, 9.17) is 21.1 Å². The Kier molecular flexibility index (Phi) is 6.38. The van der Waals surface area contributed by atoms with Gasteiger partial charge in [-0.15, -0.1) is 0 Å². The van der Waals surface area contributed by atoms with Gasteiger partial charge in [0.2, 0.25) is 5.71 Å². The van der Waals surface area contributed by atoms with Gasteiger partial charge in [-0.1, -0.05) is 0 Å². The number of benzene rings is 2. The number of nitriles is 1. The number of ether oxygens (including phenoxy) is 1. The first-order valence-electron chi connectivity index (χ1n) is 7.26. The van der Waals surface area contributed by atoms with Crippen molar-refractivity contribution in [2.75, 3.05) is 5.43 Å². The fourth-order valence-corrected chi connectivity index (χ4v) is 2.33. The molecular formula is C16H8BrF6N5O. The average molecular weight is 480 g/mol. The molecule has 0 fully saturated rings. The Morgan fingerprint density at radius 3 is 2.21 bits per heavy atom. The van der Waals surface area contributed by atoms with Crippen molar-refractivity contribution in [3.8, 4) is 17.6 Å². The van der Waals surface area contributed by atoms with Gasteiger partial charge < -0.3 is 10.5 Å². The van der Waals surface area contributed by atoms with Crippen LogP contribution in [0.3, 0.4) is 0 Å². The molecule has 6 nitrogen and oxygen atoms in total. The van der Waals surface area contributed by atoms with E-state index in [2.05, 4.69) is 26.5 Å². The predicted octanol–water partition coefficient (Wildman–Crippen LogP) is 4.90. The lowest BCUT2D eigenvalue weighted by Crippen LogP contribution is -2.21. The number of hydrogen-bond acceptors (Lipinski definition) is 5. The minimum absolute atomic E-state index is 0.0143. The lowest BCUT2D eigenvalue weighted by atomic mass is 10.2. The monoisotopic (exact) mass is 479 g/mol. The number of halogens is 7. The molecule has 0 heterocycles. The quantitative estimate of drug-likeness (QED) is 0.245. The highest BCUT2D eigenvalue weighted by molar-refractivity contribution is 9.10. The summed E-state index contributed by atoms with van der Waals surface area (Å²) in [5.74, 6) is -6.85. The molecule has 0 saturated carbocycles. The Morgan fingerprint density at radius 1 is 1.14 bits per heavy atom. The lowest BCUT2D eigenvalue weighted by Gasteiger charge is -2.15. The van der Waals surface area contributed by atoms with Gasteiger partial charge in [0.25, 0.3) is 0 Å². The first-order chi connectivity index (χ1) is 13.5. The third kappa shape index (κ3) is 4.96. The summed E-state index contributed by atoms with van der Waals surface area (Å²) in [5.41, 5.74) is 4.93. The second kappa shape index (κ2) is 8.39. The van der Waals surface area contributed by atoms with Crippen LogP contribution < -0.4 is 15.9 Å². The molecule has 0 aliphatic rings. The molecule has 29 heavy (non-hydrogen) atoms. The maximum absolute atomic E-state index is 14.1. The highest BCUT2D eigenvalue weighted by Crippen LogP contribution is 2.41. The first-order valence-corrected chi connectivity index (χ1v) is 8.05. The first kappa shape index (κ1) is 22.0. The molecule has 0 aliphatic heterocycles. The van der Waals surface area contributed by atoms with Gasteiger partial charge in [-0.3, -0.25) is 10.8 Å². The number of hydrogen-bond donors (Lipinski definition) is 3. The van der Waals surface area contributed by atoms with Crippen molar-refractivity contribution in [3.05, 3.63) is 51.8 Å². The van der Waals surface area contributed by atoms with Crippen molar-refractivity contribution < 1.29 is 31.1 Å². The molecule has 0 amide bonds. The molecule has 13 heteroatoms. The standard InChI is InChI=1S/C16H8BrF6N5O/c17-12-7(18)1-2-10(27-28-11(5-24)15(25)26)14(12)29-13-8(19)3-6(4-9(13)20)16(21,22)23/h1-4,27H,(H3,25,26)/b28-11+. The number of amidine groups is 1. The van der Waals surface area contributed by atoms with E-state index >= 15 is 0 Å². The van der Waals surface area contributed by atoms with E-state index in [9.17, 15) is 26.3 Å². The van der Waals surface area contributed by atoms with Crippen LogP contribution in [0.2, 0.25) is 0 Å². The molecule has 2 rings (SSSR count). The molecule has 152 valence electrons. The van der Waals surface area contributed by atoms with E-state index in [1.54, 1.807) is 0 Å². The molecule has 4 N–H and O–H groups in total. The molecule has 0 saturated heterocycles. The summed E-state index contributed by atoms with van der Waals surface area (Å²) in [6, 6.07) is 3.42. The summed E-state index contributed by atoms with van der Waals surface area (Å²) < 4.78 is 84.4. The number of rotatable bonds is 5. The molecule has 0 bridgehead atoms. The molecule has 0 radical (unpaired) electrons. The smallest absolute Gasteiger partial charge is 0.416 e. The van der Waals surface area contributed by atoms with Gasteiger partial charge in [0.05, 0.1) is 10.0 Å². The minimum atomic E-state index is -5.00. The fourth-order valence-electron chi connectivity index (χ4n) is 1.90. The maximum atomic E-state index is 14.1. The molecule has 0 unspecified atom stereocenters. The topological polar surface area (TPSA) is 107 Å². The number of anilines is 1. The van der Waals surface area contributed by atoms with Crippen LogP contribution in [0, 0.1) is 34.2 Å². The third-order valence-corrected chi connectivity index (χ3v) is 3.97. The Balaban J connectivity index is 2.52. The van der Waals surface area contributed by atoms with E-state index in [-0.39, 0.29) is 17.8 Å². The summed E-state index contributed by atoms with van der Waals surface area (Å²) >= 11 is 2.79. The van der Waals surface area contributed by atoms with E-state index in [0.717, 1.165) is 12.1 Å². The Bertz CT molecular complexity index is 1020. The van der Waals surface area contributed by atoms with Crippen LogP contribution in [0.25, 0.3) is 0 Å². The summed E-state index contributed by atoms with van der Waals surface area (Å²) in [6.45, 7) is 0. The average Bonchev–Trinajstić information content (AvgIpc) is 2.62. The number of hydrazone groups is 1. The maximum Gasteiger partial charge on any atom is 0.416 e. The summed E-state index contributed by atoms with van der Waals surface area (Å²) in [4.78, 5) is 0. The van der Waals surface area contributed by atoms with Gasteiger partial charge >= 0.3 is 6.18 Å². The molecule has 2 aromatic carbocycles. The van der Waals surface area contributed by atoms with Gasteiger partial charge in [-0.05, 0) is 40.2 Å². The predicted molar refractivity (Wildman–Crippen MR) is 94.1 cm³/mol. The molecule has 0 aliphatic carbocycles. The van der Waals surface area contributed by atoms with Gasteiger partial charge in [0, 0.05) is 0 Å². The zero-order chi connectivity index (χ0) is 21.9. The van der Waals surface area contributed by atoms with E-state index in [0.29, 0.717) is 0 Å². The van der Waals surface area contributed by atoms with Gasteiger partial charge in [0.1, 0.15) is 17.6 Å². The van der Waals surface area contributed by atoms with Crippen LogP contribution in [0.1, 0.15) is 5.56 Å². The van der Waals surface area contributed by atoms with E-state index in [1.807, 2.05) is 0 Å². The van der Waals surface area contributed by atoms with Crippen LogP contribution in [-0.2, 0) is 6.18 Å². The van der Waals surface area contributed by atoms with Gasteiger partial charge in [-0.2, -0.15) is 23.5 Å². The Labute approximate surface area is 167 Å². The Hall–Kier alpha value is -3.27. The van der Waals surface area contributed by atoms with Crippen LogP contribution in [0.4, 0.5) is 32.0 Å². The van der Waals surface area contributed by atoms with Gasteiger partial charge in [0.15, 0.2) is 29.0 Å². The van der Waals surface area contributed by atoms with Crippen LogP contribution in [0.15, 0.2) is 33.8 Å². The third-order valence-electron chi connectivity index (χ3n) is 3.23. The summed E-state index contributed by atoms with van der Waals surface area (Å²) in [5, 5.41) is 19.4. The molecule has 2 aromatic rings. The van der Waals surface area contributed by atoms with E-state index < -0.39 is 56.7 Å². The normalized spacial score (nSPS) is 11.7. The van der Waals surface area contributed by atoms with Crippen LogP contribution >= 0.6 is 15.9 Å². The zero-order valence-corrected chi connectivity index (χ0v) is 15.4. The van der Waals surface area contributed by atoms with Gasteiger partial charge in [-0.25, -0.2) is 13.2 Å². The molecule has 0 spiro atoms. The van der Waals surface area contributed by atoms with Crippen molar-refractivity contribution in [2.45, 2.75) is 6.18 Å². The van der Waals surface area contributed by atoms with Crippen molar-refractivity contribution in [1.29, 1.82) is 10.7 Å². The largest absolute Gasteiger partial charge is 0.448 e. The van der Waals surface area contributed by atoms with Crippen molar-refractivity contribution in [3.63, 3.8) is 0 Å². The lowest BCUT2D eigenvalue weighted by molar-refractivity contribution is -0.138. The minimum Gasteiger partial charge on any atom is -0.448 e. The second-order valence-electron chi connectivity index (χ2n) is 5.20. The number of alkyl halides is 3. The van der Waals surface area contributed by atoms with E-state index in [1.165, 1.54) is 6.07 Å². The molecular weight excluding hydrogens is 472 g/mol. The van der Waals surface area contributed by atoms with Crippen LogP contribution in [-0.4, -0.2) is 11.5 Å². The molecule has 0 atom stereocenters. The second-order valence-corrected chi connectivity index (χ2v) is 6.00. The highest BCUT2D eigenvalue weighted by atomic mass is 79.9. The Morgan fingerprint density at radius 2 is 1.72 bits per heavy atom. The fraction of sp³-hybridized carbons (Fsp3) is 0.0625. The number of nitrogens with one attached hydrogen (secondary N) is 2. The number of nitrogens with zero attached hydrogens (tertiary/aromatic N) is 2.